The lowest BCUT2D eigenvalue weighted by Crippen LogP contribution is -2.10. The Morgan fingerprint density at radius 1 is 0.327 bits per heavy atom. The Balaban J connectivity index is 1.07. The third-order valence-electron chi connectivity index (χ3n) is 9.85. The van der Waals surface area contributed by atoms with Crippen molar-refractivity contribution in [3.05, 3.63) is 194 Å². The van der Waals surface area contributed by atoms with E-state index in [9.17, 15) is 0 Å². The summed E-state index contributed by atoms with van der Waals surface area (Å²) in [5.74, 6) is 2.88. The van der Waals surface area contributed by atoms with E-state index in [0.717, 1.165) is 45.4 Å². The topological polar surface area (TPSA) is 26.6 Å². The van der Waals surface area contributed by atoms with E-state index in [1.807, 2.05) is 30.3 Å². The molecule has 1 aromatic heterocycles. The van der Waals surface area contributed by atoms with Crippen LogP contribution in [0.4, 0.5) is 17.1 Å². The lowest BCUT2D eigenvalue weighted by atomic mass is 10.0. The number of rotatable bonds is 6. The molecule has 0 amide bonds. The SMILES string of the molecule is c1ccc(-c2ccc(N(c3ccc(-c4ccc5c(c4)Oc4ccccc4O5)cc3)c3ccc4c(c3)c3ccccc3n4-c3ccccc3)cc2)cc1. The molecule has 0 unspecified atom stereocenters. The van der Waals surface area contributed by atoms with Crippen LogP contribution >= 0.6 is 0 Å². The van der Waals surface area contributed by atoms with Gasteiger partial charge in [-0.05, 0) is 107 Å². The van der Waals surface area contributed by atoms with Gasteiger partial charge >= 0.3 is 0 Å². The molecule has 0 saturated carbocycles. The molecule has 8 aromatic carbocycles. The fourth-order valence-electron chi connectivity index (χ4n) is 7.35. The van der Waals surface area contributed by atoms with Crippen LogP contribution in [-0.2, 0) is 0 Å². The van der Waals surface area contributed by atoms with Gasteiger partial charge in [-0.2, -0.15) is 0 Å². The summed E-state index contributed by atoms with van der Waals surface area (Å²) in [7, 11) is 0. The quantitative estimate of drug-likeness (QED) is 0.176. The summed E-state index contributed by atoms with van der Waals surface area (Å²) in [6.45, 7) is 0. The molecule has 0 radical (unpaired) electrons. The van der Waals surface area contributed by atoms with Crippen molar-refractivity contribution in [1.82, 2.24) is 4.57 Å². The molecule has 10 rings (SSSR count). The number of ether oxygens (including phenoxy) is 2. The predicted octanol–water partition coefficient (Wildman–Crippen LogP) is 13.5. The van der Waals surface area contributed by atoms with Gasteiger partial charge in [0, 0.05) is 33.5 Å². The van der Waals surface area contributed by atoms with E-state index in [1.165, 1.54) is 32.9 Å². The molecule has 1 aliphatic rings. The van der Waals surface area contributed by atoms with Crippen LogP contribution in [0.2, 0.25) is 0 Å². The lowest BCUT2D eigenvalue weighted by molar-refractivity contribution is 0.360. The molecule has 0 fully saturated rings. The van der Waals surface area contributed by atoms with Crippen molar-refractivity contribution >= 4 is 38.9 Å². The normalized spacial score (nSPS) is 11.8. The van der Waals surface area contributed by atoms with Gasteiger partial charge in [-0.15, -0.1) is 0 Å². The number of para-hydroxylation sites is 4. The second kappa shape index (κ2) is 12.4. The zero-order valence-electron chi connectivity index (χ0n) is 28.2. The van der Waals surface area contributed by atoms with Crippen LogP contribution in [0.3, 0.4) is 0 Å². The average Bonchev–Trinajstić information content (AvgIpc) is 3.55. The van der Waals surface area contributed by atoms with Crippen LogP contribution in [-0.4, -0.2) is 4.57 Å². The third-order valence-corrected chi connectivity index (χ3v) is 9.85. The van der Waals surface area contributed by atoms with Gasteiger partial charge in [0.05, 0.1) is 11.0 Å². The van der Waals surface area contributed by atoms with Crippen molar-refractivity contribution in [2.75, 3.05) is 4.90 Å². The standard InChI is InChI=1S/C48H32N2O2/c1-3-11-33(12-4-1)34-19-24-38(25-20-34)49(40-28-29-44-42(32-40)41-15-7-8-16-43(41)50(44)37-13-5-2-6-14-37)39-26-21-35(22-27-39)36-23-30-47-48(31-36)52-46-18-10-9-17-45(46)51-47/h1-32H. The Bertz CT molecular complexity index is 2720. The van der Waals surface area contributed by atoms with Crippen LogP contribution in [0.1, 0.15) is 0 Å². The van der Waals surface area contributed by atoms with E-state index < -0.39 is 0 Å². The maximum absolute atomic E-state index is 6.22. The first-order valence-corrected chi connectivity index (χ1v) is 17.5. The van der Waals surface area contributed by atoms with Crippen LogP contribution in [0.15, 0.2) is 194 Å². The van der Waals surface area contributed by atoms with Crippen LogP contribution in [0.5, 0.6) is 23.0 Å². The zero-order chi connectivity index (χ0) is 34.4. The minimum Gasteiger partial charge on any atom is -0.450 e. The molecule has 0 saturated heterocycles. The summed E-state index contributed by atoms with van der Waals surface area (Å²) in [4.78, 5) is 2.34. The summed E-state index contributed by atoms with van der Waals surface area (Å²) in [5.41, 5.74) is 11.3. The average molecular weight is 669 g/mol. The van der Waals surface area contributed by atoms with E-state index in [-0.39, 0.29) is 0 Å². The summed E-state index contributed by atoms with van der Waals surface area (Å²) >= 11 is 0. The molecule has 0 spiro atoms. The zero-order valence-corrected chi connectivity index (χ0v) is 28.2. The summed E-state index contributed by atoms with van der Waals surface area (Å²) in [6.07, 6.45) is 0. The Kier molecular flexibility index (Phi) is 7.10. The maximum atomic E-state index is 6.22. The molecule has 0 atom stereocenters. The second-order valence-corrected chi connectivity index (χ2v) is 13.0. The fraction of sp³-hybridized carbons (Fsp3) is 0. The first kappa shape index (κ1) is 29.8. The molecule has 4 nitrogen and oxygen atoms in total. The number of hydrogen-bond donors (Lipinski definition) is 0. The highest BCUT2D eigenvalue weighted by Gasteiger charge is 2.20. The van der Waals surface area contributed by atoms with Gasteiger partial charge in [0.15, 0.2) is 23.0 Å². The van der Waals surface area contributed by atoms with Crippen LogP contribution < -0.4 is 14.4 Å². The first-order valence-electron chi connectivity index (χ1n) is 17.5. The van der Waals surface area contributed by atoms with Crippen LogP contribution in [0, 0.1) is 0 Å². The Hall–Kier alpha value is -7.04. The summed E-state index contributed by atoms with van der Waals surface area (Å²) < 4.78 is 14.7. The second-order valence-electron chi connectivity index (χ2n) is 13.0. The van der Waals surface area contributed by atoms with Gasteiger partial charge < -0.3 is 18.9 Å². The molecule has 9 aromatic rings. The fourth-order valence-corrected chi connectivity index (χ4v) is 7.35. The molecule has 0 aliphatic carbocycles. The Morgan fingerprint density at radius 3 is 1.54 bits per heavy atom. The van der Waals surface area contributed by atoms with Gasteiger partial charge in [-0.1, -0.05) is 109 Å². The molecule has 4 heteroatoms. The largest absolute Gasteiger partial charge is 0.450 e. The highest BCUT2D eigenvalue weighted by molar-refractivity contribution is 6.10. The Labute approximate surface area is 302 Å². The van der Waals surface area contributed by atoms with Crippen molar-refractivity contribution in [3.8, 4) is 50.9 Å². The molecular weight excluding hydrogens is 637 g/mol. The smallest absolute Gasteiger partial charge is 0.170 e. The van der Waals surface area contributed by atoms with Gasteiger partial charge in [0.1, 0.15) is 0 Å². The van der Waals surface area contributed by atoms with Crippen LogP contribution in [0.25, 0.3) is 49.7 Å². The highest BCUT2D eigenvalue weighted by Crippen LogP contribution is 2.47. The molecule has 52 heavy (non-hydrogen) atoms. The van der Waals surface area contributed by atoms with Crippen molar-refractivity contribution < 1.29 is 9.47 Å². The first-order chi connectivity index (χ1) is 25.8. The van der Waals surface area contributed by atoms with E-state index >= 15 is 0 Å². The van der Waals surface area contributed by atoms with Gasteiger partial charge in [-0.25, -0.2) is 0 Å². The Morgan fingerprint density at radius 2 is 0.827 bits per heavy atom. The number of anilines is 3. The van der Waals surface area contributed by atoms with Crippen molar-refractivity contribution in [2.45, 2.75) is 0 Å². The van der Waals surface area contributed by atoms with Crippen molar-refractivity contribution in [1.29, 1.82) is 0 Å². The molecule has 0 bridgehead atoms. The van der Waals surface area contributed by atoms with E-state index in [2.05, 4.69) is 173 Å². The molecular formula is C48H32N2O2. The molecule has 0 N–H and O–H groups in total. The number of benzene rings is 8. The summed E-state index contributed by atoms with van der Waals surface area (Å²) in [6, 6.07) is 68.1. The van der Waals surface area contributed by atoms with Gasteiger partial charge in [-0.3, -0.25) is 0 Å². The predicted molar refractivity (Wildman–Crippen MR) is 213 cm³/mol. The number of hydrogen-bond acceptors (Lipinski definition) is 3. The number of fused-ring (bicyclic) bond motifs is 5. The van der Waals surface area contributed by atoms with Crippen molar-refractivity contribution in [3.63, 3.8) is 0 Å². The summed E-state index contributed by atoms with van der Waals surface area (Å²) in [5, 5.41) is 2.43. The third kappa shape index (κ3) is 5.17. The van der Waals surface area contributed by atoms with Crippen molar-refractivity contribution in [2.24, 2.45) is 0 Å². The molecule has 1 aliphatic heterocycles. The van der Waals surface area contributed by atoms with E-state index in [1.54, 1.807) is 0 Å². The minimum atomic E-state index is 0.711. The molecule has 2 heterocycles. The highest BCUT2D eigenvalue weighted by atomic mass is 16.6. The number of nitrogens with zero attached hydrogens (tertiary/aromatic N) is 2. The maximum Gasteiger partial charge on any atom is 0.170 e. The van der Waals surface area contributed by atoms with E-state index in [4.69, 9.17) is 9.47 Å². The monoisotopic (exact) mass is 668 g/mol. The number of aromatic nitrogens is 1. The van der Waals surface area contributed by atoms with E-state index in [0.29, 0.717) is 11.5 Å². The lowest BCUT2D eigenvalue weighted by Gasteiger charge is -2.26. The minimum absolute atomic E-state index is 0.711. The van der Waals surface area contributed by atoms with Gasteiger partial charge in [0.25, 0.3) is 0 Å². The molecule has 246 valence electrons. The van der Waals surface area contributed by atoms with Gasteiger partial charge in [0.2, 0.25) is 0 Å².